The molecule has 0 bridgehead atoms. The van der Waals surface area contributed by atoms with E-state index in [4.69, 9.17) is 9.47 Å². The van der Waals surface area contributed by atoms with E-state index in [1.807, 2.05) is 13.8 Å². The highest BCUT2D eigenvalue weighted by Crippen LogP contribution is 2.16. The van der Waals surface area contributed by atoms with Crippen molar-refractivity contribution in [1.29, 1.82) is 0 Å². The van der Waals surface area contributed by atoms with Gasteiger partial charge in [-0.3, -0.25) is 4.79 Å². The summed E-state index contributed by atoms with van der Waals surface area (Å²) in [6, 6.07) is 3.16. The van der Waals surface area contributed by atoms with Crippen LogP contribution in [0.25, 0.3) is 0 Å². The molecule has 0 aliphatic carbocycles. The summed E-state index contributed by atoms with van der Waals surface area (Å²) in [6.07, 6.45) is 0.743. The zero-order chi connectivity index (χ0) is 10.4. The van der Waals surface area contributed by atoms with E-state index in [2.05, 4.69) is 4.98 Å². The fraction of sp³-hybridized carbons (Fsp3) is 0.400. The second-order valence-corrected chi connectivity index (χ2v) is 2.56. The van der Waals surface area contributed by atoms with Gasteiger partial charge in [-0.25, -0.2) is 0 Å². The van der Waals surface area contributed by atoms with E-state index in [1.54, 1.807) is 12.1 Å². The smallest absolute Gasteiger partial charge is 0.217 e. The Kier molecular flexibility index (Phi) is 3.91. The molecule has 1 rings (SSSR count). The molecule has 0 aromatic carbocycles. The van der Waals surface area contributed by atoms with E-state index >= 15 is 0 Å². The predicted molar refractivity (Wildman–Crippen MR) is 52.0 cm³/mol. The van der Waals surface area contributed by atoms with Gasteiger partial charge < -0.3 is 9.47 Å². The summed E-state index contributed by atoms with van der Waals surface area (Å²) in [4.78, 5) is 14.6. The zero-order valence-electron chi connectivity index (χ0n) is 8.32. The number of carbonyl (C=O) groups excluding carboxylic acids is 1. The van der Waals surface area contributed by atoms with E-state index in [0.29, 0.717) is 30.5 Å². The van der Waals surface area contributed by atoms with E-state index in [1.165, 1.54) is 0 Å². The molecule has 0 spiro atoms. The van der Waals surface area contributed by atoms with Gasteiger partial charge in [0.25, 0.3) is 0 Å². The van der Waals surface area contributed by atoms with Gasteiger partial charge in [0, 0.05) is 17.7 Å². The van der Waals surface area contributed by atoms with Gasteiger partial charge in [-0.1, -0.05) is 0 Å². The van der Waals surface area contributed by atoms with Crippen LogP contribution in [0.2, 0.25) is 0 Å². The highest BCUT2D eigenvalue weighted by Gasteiger charge is 2.03. The van der Waals surface area contributed by atoms with Crippen LogP contribution in [0, 0.1) is 0 Å². The molecule has 1 aromatic heterocycles. The zero-order valence-corrected chi connectivity index (χ0v) is 8.32. The lowest BCUT2D eigenvalue weighted by Gasteiger charge is -2.06. The normalized spacial score (nSPS) is 9.57. The van der Waals surface area contributed by atoms with Crippen molar-refractivity contribution in [3.05, 3.63) is 17.7 Å². The number of pyridine rings is 1. The molecule has 1 heterocycles. The topological polar surface area (TPSA) is 48.4 Å². The molecule has 0 atom stereocenters. The van der Waals surface area contributed by atoms with Crippen molar-refractivity contribution < 1.29 is 14.3 Å². The molecule has 0 aliphatic heterocycles. The molecule has 0 aliphatic rings. The van der Waals surface area contributed by atoms with Gasteiger partial charge >= 0.3 is 0 Å². The van der Waals surface area contributed by atoms with Crippen molar-refractivity contribution >= 4 is 6.29 Å². The summed E-state index contributed by atoms with van der Waals surface area (Å²) in [7, 11) is 0. The van der Waals surface area contributed by atoms with Crippen molar-refractivity contribution in [2.24, 2.45) is 0 Å². The lowest BCUT2D eigenvalue weighted by molar-refractivity contribution is 0.112. The minimum Gasteiger partial charge on any atom is -0.478 e. The maximum atomic E-state index is 10.6. The van der Waals surface area contributed by atoms with Crippen LogP contribution in [0.1, 0.15) is 24.2 Å². The van der Waals surface area contributed by atoms with Gasteiger partial charge in [0.05, 0.1) is 13.2 Å². The Labute approximate surface area is 82.9 Å². The third-order valence-electron chi connectivity index (χ3n) is 1.52. The number of carbonyl (C=O) groups is 1. The Bertz CT molecular complexity index is 288. The summed E-state index contributed by atoms with van der Waals surface area (Å²) in [6.45, 7) is 4.74. The van der Waals surface area contributed by atoms with Crippen LogP contribution in [-0.2, 0) is 0 Å². The highest BCUT2D eigenvalue weighted by molar-refractivity contribution is 5.75. The molecule has 14 heavy (non-hydrogen) atoms. The molecule has 0 saturated heterocycles. The molecule has 0 saturated carbocycles. The molecule has 1 aromatic rings. The lowest BCUT2D eigenvalue weighted by atomic mass is 10.3. The standard InChI is InChI=1S/C10H13NO3/c1-3-13-9-5-8(7-12)6-10(11-9)14-4-2/h5-7H,3-4H2,1-2H3. The van der Waals surface area contributed by atoms with E-state index in [9.17, 15) is 4.79 Å². The van der Waals surface area contributed by atoms with E-state index < -0.39 is 0 Å². The third kappa shape index (κ3) is 2.73. The molecule has 76 valence electrons. The molecule has 4 nitrogen and oxygen atoms in total. The van der Waals surface area contributed by atoms with Gasteiger partial charge in [-0.2, -0.15) is 4.98 Å². The van der Waals surface area contributed by atoms with Crippen molar-refractivity contribution in [1.82, 2.24) is 4.98 Å². The molecular weight excluding hydrogens is 182 g/mol. The molecule has 4 heteroatoms. The number of aromatic nitrogens is 1. The number of aldehydes is 1. The van der Waals surface area contributed by atoms with Crippen LogP contribution in [0.3, 0.4) is 0 Å². The monoisotopic (exact) mass is 195 g/mol. The third-order valence-corrected chi connectivity index (χ3v) is 1.52. The predicted octanol–water partition coefficient (Wildman–Crippen LogP) is 1.69. The molecule has 0 radical (unpaired) electrons. The Hall–Kier alpha value is -1.58. The molecule has 0 amide bonds. The number of hydrogen-bond acceptors (Lipinski definition) is 4. The summed E-state index contributed by atoms with van der Waals surface area (Å²) in [5, 5.41) is 0. The van der Waals surface area contributed by atoms with Crippen LogP contribution >= 0.6 is 0 Å². The summed E-state index contributed by atoms with van der Waals surface area (Å²) < 4.78 is 10.4. The van der Waals surface area contributed by atoms with Crippen LogP contribution in [0.15, 0.2) is 12.1 Å². The fourth-order valence-electron chi connectivity index (χ4n) is 1.01. The number of hydrogen-bond donors (Lipinski definition) is 0. The van der Waals surface area contributed by atoms with Crippen LogP contribution < -0.4 is 9.47 Å². The van der Waals surface area contributed by atoms with Gasteiger partial charge in [0.2, 0.25) is 11.8 Å². The Morgan fingerprint density at radius 1 is 1.21 bits per heavy atom. The maximum absolute atomic E-state index is 10.6. The second kappa shape index (κ2) is 5.21. The largest absolute Gasteiger partial charge is 0.478 e. The quantitative estimate of drug-likeness (QED) is 0.671. The van der Waals surface area contributed by atoms with E-state index in [-0.39, 0.29) is 0 Å². The highest BCUT2D eigenvalue weighted by atomic mass is 16.5. The molecular formula is C10H13NO3. The van der Waals surface area contributed by atoms with Gasteiger partial charge in [0.1, 0.15) is 6.29 Å². The first-order valence-electron chi connectivity index (χ1n) is 4.53. The lowest BCUT2D eigenvalue weighted by Crippen LogP contribution is -2.00. The first-order chi connectivity index (χ1) is 6.80. The van der Waals surface area contributed by atoms with Crippen molar-refractivity contribution in [2.45, 2.75) is 13.8 Å². The van der Waals surface area contributed by atoms with Gasteiger partial charge in [-0.15, -0.1) is 0 Å². The van der Waals surface area contributed by atoms with Gasteiger partial charge in [-0.05, 0) is 13.8 Å². The fourth-order valence-corrected chi connectivity index (χ4v) is 1.01. The SMILES string of the molecule is CCOc1cc(C=O)cc(OCC)n1. The number of nitrogens with zero attached hydrogens (tertiary/aromatic N) is 1. The van der Waals surface area contributed by atoms with Crippen LogP contribution in [0.4, 0.5) is 0 Å². The summed E-state index contributed by atoms with van der Waals surface area (Å²) >= 11 is 0. The Morgan fingerprint density at radius 3 is 2.07 bits per heavy atom. The van der Waals surface area contributed by atoms with Crippen molar-refractivity contribution in [3.63, 3.8) is 0 Å². The minimum absolute atomic E-state index is 0.417. The van der Waals surface area contributed by atoms with Crippen molar-refractivity contribution in [3.8, 4) is 11.8 Å². The average molecular weight is 195 g/mol. The van der Waals surface area contributed by atoms with E-state index in [0.717, 1.165) is 6.29 Å². The maximum Gasteiger partial charge on any atom is 0.217 e. The summed E-state index contributed by atoms with van der Waals surface area (Å²) in [5.74, 6) is 0.834. The summed E-state index contributed by atoms with van der Waals surface area (Å²) in [5.41, 5.74) is 0.506. The first-order valence-corrected chi connectivity index (χ1v) is 4.53. The van der Waals surface area contributed by atoms with Crippen molar-refractivity contribution in [2.75, 3.05) is 13.2 Å². The minimum atomic E-state index is 0.417. The second-order valence-electron chi connectivity index (χ2n) is 2.56. The average Bonchev–Trinajstić information content (AvgIpc) is 2.18. The number of rotatable bonds is 5. The molecule has 0 fully saturated rings. The molecule has 0 N–H and O–H groups in total. The number of ether oxygens (including phenoxy) is 2. The Morgan fingerprint density at radius 2 is 1.71 bits per heavy atom. The van der Waals surface area contributed by atoms with Crippen LogP contribution in [-0.4, -0.2) is 24.5 Å². The first kappa shape index (κ1) is 10.5. The Balaban J connectivity index is 2.94. The molecule has 0 unspecified atom stereocenters. The van der Waals surface area contributed by atoms with Crippen LogP contribution in [0.5, 0.6) is 11.8 Å². The van der Waals surface area contributed by atoms with Gasteiger partial charge in [0.15, 0.2) is 0 Å².